The van der Waals surface area contributed by atoms with Gasteiger partial charge in [0.15, 0.2) is 0 Å². The number of nitrogens with zero attached hydrogens (tertiary/aromatic N) is 2. The van der Waals surface area contributed by atoms with E-state index in [9.17, 15) is 0 Å². The maximum Gasteiger partial charge on any atom is 0.0696 e. The van der Waals surface area contributed by atoms with Crippen LogP contribution in [0, 0.1) is 17.8 Å². The van der Waals surface area contributed by atoms with Gasteiger partial charge in [-0.1, -0.05) is 65.7 Å². The van der Waals surface area contributed by atoms with E-state index in [0.29, 0.717) is 5.92 Å². The summed E-state index contributed by atoms with van der Waals surface area (Å²) in [7, 11) is 0. The van der Waals surface area contributed by atoms with E-state index in [2.05, 4.69) is 32.1 Å². The van der Waals surface area contributed by atoms with Crippen molar-refractivity contribution in [2.75, 3.05) is 0 Å². The Morgan fingerprint density at radius 2 is 1.58 bits per heavy atom. The molecule has 2 heteroatoms. The van der Waals surface area contributed by atoms with Crippen LogP contribution in [-0.2, 0) is 12.8 Å². The molecule has 1 aromatic rings. The average molecular weight is 357 g/mol. The zero-order chi connectivity index (χ0) is 18.4. The first kappa shape index (κ1) is 19.8. The van der Waals surface area contributed by atoms with Crippen molar-refractivity contribution in [2.24, 2.45) is 17.8 Å². The average Bonchev–Trinajstić information content (AvgIpc) is 3.25. The van der Waals surface area contributed by atoms with E-state index < -0.39 is 0 Å². The van der Waals surface area contributed by atoms with Gasteiger partial charge in [0.2, 0.25) is 0 Å². The summed E-state index contributed by atoms with van der Waals surface area (Å²) >= 11 is 0. The van der Waals surface area contributed by atoms with Gasteiger partial charge >= 0.3 is 0 Å². The SMILES string of the molecule is CCCCCCC(CCCCC)c1nncc2c1CCC1C(C)C1CC2. The summed E-state index contributed by atoms with van der Waals surface area (Å²) in [5.74, 6) is 3.59. The molecule has 0 aromatic carbocycles. The summed E-state index contributed by atoms with van der Waals surface area (Å²) in [6, 6.07) is 0. The third kappa shape index (κ3) is 4.87. The fourth-order valence-corrected chi connectivity index (χ4v) is 5.40. The maximum atomic E-state index is 4.75. The summed E-state index contributed by atoms with van der Waals surface area (Å²) in [4.78, 5) is 0. The third-order valence-electron chi connectivity index (χ3n) is 7.26. The molecule has 3 rings (SSSR count). The Bertz CT molecular complexity index is 553. The third-order valence-corrected chi connectivity index (χ3v) is 7.26. The Kier molecular flexibility index (Phi) is 7.52. The molecule has 0 aliphatic heterocycles. The summed E-state index contributed by atoms with van der Waals surface area (Å²) in [6.45, 7) is 7.07. The second-order valence-electron chi connectivity index (χ2n) is 9.04. The van der Waals surface area contributed by atoms with Gasteiger partial charge in [-0.3, -0.25) is 0 Å². The van der Waals surface area contributed by atoms with Gasteiger partial charge in [-0.15, -0.1) is 0 Å². The molecule has 2 aliphatic carbocycles. The lowest BCUT2D eigenvalue weighted by molar-refractivity contribution is 0.481. The normalized spacial score (nSPS) is 25.7. The molecule has 1 fully saturated rings. The van der Waals surface area contributed by atoms with Crippen LogP contribution in [0.3, 0.4) is 0 Å². The first-order valence-corrected chi connectivity index (χ1v) is 11.6. The van der Waals surface area contributed by atoms with E-state index in [1.807, 2.05) is 0 Å². The van der Waals surface area contributed by atoms with Crippen LogP contribution in [0.4, 0.5) is 0 Å². The van der Waals surface area contributed by atoms with Crippen LogP contribution >= 0.6 is 0 Å². The number of unbranched alkanes of at least 4 members (excludes halogenated alkanes) is 5. The van der Waals surface area contributed by atoms with E-state index in [1.54, 1.807) is 5.56 Å². The zero-order valence-corrected chi connectivity index (χ0v) is 17.5. The minimum atomic E-state index is 0.646. The molecule has 146 valence electrons. The van der Waals surface area contributed by atoms with Crippen molar-refractivity contribution in [3.8, 4) is 0 Å². The minimum absolute atomic E-state index is 0.646. The Balaban J connectivity index is 1.73. The number of hydrogen-bond donors (Lipinski definition) is 0. The predicted molar refractivity (Wildman–Crippen MR) is 110 cm³/mol. The van der Waals surface area contributed by atoms with Gasteiger partial charge in [0.1, 0.15) is 0 Å². The van der Waals surface area contributed by atoms with Crippen LogP contribution < -0.4 is 0 Å². The first-order chi connectivity index (χ1) is 12.8. The van der Waals surface area contributed by atoms with Crippen molar-refractivity contribution in [1.29, 1.82) is 0 Å². The van der Waals surface area contributed by atoms with Gasteiger partial charge in [-0.05, 0) is 67.4 Å². The largest absolute Gasteiger partial charge is 0.159 e. The van der Waals surface area contributed by atoms with Gasteiger partial charge in [0.25, 0.3) is 0 Å². The molecule has 4 atom stereocenters. The van der Waals surface area contributed by atoms with E-state index >= 15 is 0 Å². The number of rotatable bonds is 10. The monoisotopic (exact) mass is 356 g/mol. The van der Waals surface area contributed by atoms with Crippen LogP contribution in [0.2, 0.25) is 0 Å². The first-order valence-electron chi connectivity index (χ1n) is 11.6. The van der Waals surface area contributed by atoms with Crippen LogP contribution in [0.1, 0.15) is 114 Å². The highest BCUT2D eigenvalue weighted by Gasteiger charge is 2.46. The molecule has 1 saturated carbocycles. The molecule has 0 N–H and O–H groups in total. The Morgan fingerprint density at radius 3 is 2.31 bits per heavy atom. The van der Waals surface area contributed by atoms with Gasteiger partial charge < -0.3 is 0 Å². The predicted octanol–water partition coefficient (Wildman–Crippen LogP) is 6.87. The lowest BCUT2D eigenvalue weighted by atomic mass is 9.85. The Morgan fingerprint density at radius 1 is 0.923 bits per heavy atom. The second kappa shape index (κ2) is 9.85. The molecule has 0 saturated heterocycles. The van der Waals surface area contributed by atoms with E-state index in [4.69, 9.17) is 5.10 Å². The molecule has 1 aromatic heterocycles. The van der Waals surface area contributed by atoms with E-state index in [-0.39, 0.29) is 0 Å². The molecule has 0 bridgehead atoms. The molecule has 2 nitrogen and oxygen atoms in total. The molecule has 0 radical (unpaired) electrons. The van der Waals surface area contributed by atoms with E-state index in [0.717, 1.165) is 17.8 Å². The fraction of sp³-hybridized carbons (Fsp3) is 0.833. The lowest BCUT2D eigenvalue weighted by Gasteiger charge is -2.22. The van der Waals surface area contributed by atoms with Crippen molar-refractivity contribution < 1.29 is 0 Å². The smallest absolute Gasteiger partial charge is 0.0696 e. The number of hydrogen-bond acceptors (Lipinski definition) is 2. The zero-order valence-electron chi connectivity index (χ0n) is 17.5. The molecular formula is C24H40N2. The summed E-state index contributed by atoms with van der Waals surface area (Å²) in [6.07, 6.45) is 19.4. The summed E-state index contributed by atoms with van der Waals surface area (Å²) in [5.41, 5.74) is 4.53. The maximum absolute atomic E-state index is 4.75. The molecule has 0 amide bonds. The highest BCUT2D eigenvalue weighted by Crippen LogP contribution is 2.52. The van der Waals surface area contributed by atoms with Crippen LogP contribution in [0.25, 0.3) is 0 Å². The van der Waals surface area contributed by atoms with Crippen LogP contribution in [0.15, 0.2) is 6.20 Å². The van der Waals surface area contributed by atoms with Crippen LogP contribution in [-0.4, -0.2) is 10.2 Å². The summed E-state index contributed by atoms with van der Waals surface area (Å²) in [5, 5.41) is 9.22. The van der Waals surface area contributed by atoms with Crippen LogP contribution in [0.5, 0.6) is 0 Å². The number of aryl methyl sites for hydroxylation is 1. The lowest BCUT2D eigenvalue weighted by Crippen LogP contribution is -2.13. The van der Waals surface area contributed by atoms with Gasteiger partial charge in [0, 0.05) is 5.92 Å². The van der Waals surface area contributed by atoms with Crippen molar-refractivity contribution in [3.63, 3.8) is 0 Å². The Labute approximate surface area is 161 Å². The van der Waals surface area contributed by atoms with Crippen molar-refractivity contribution in [1.82, 2.24) is 10.2 Å². The topological polar surface area (TPSA) is 25.8 Å². The quantitative estimate of drug-likeness (QED) is 0.427. The second-order valence-corrected chi connectivity index (χ2v) is 9.04. The standard InChI is InChI=1S/C24H40N2/c1-4-6-8-10-12-19(11-9-7-5-2)24-23-16-15-22-18(3)21(22)14-13-20(23)17-25-26-24/h17-19,21-22H,4-16H2,1-3H3. The fourth-order valence-electron chi connectivity index (χ4n) is 5.40. The molecular weight excluding hydrogens is 316 g/mol. The van der Waals surface area contributed by atoms with Crippen molar-refractivity contribution in [2.45, 2.75) is 110 Å². The van der Waals surface area contributed by atoms with E-state index in [1.165, 1.54) is 94.7 Å². The summed E-state index contributed by atoms with van der Waals surface area (Å²) < 4.78 is 0. The van der Waals surface area contributed by atoms with Crippen molar-refractivity contribution >= 4 is 0 Å². The van der Waals surface area contributed by atoms with Gasteiger partial charge in [-0.25, -0.2) is 0 Å². The van der Waals surface area contributed by atoms with Gasteiger partial charge in [0.05, 0.1) is 11.9 Å². The number of fused-ring (bicyclic) bond motifs is 2. The Hall–Kier alpha value is -0.920. The molecule has 0 spiro atoms. The molecule has 1 heterocycles. The molecule has 26 heavy (non-hydrogen) atoms. The molecule has 4 unspecified atom stereocenters. The van der Waals surface area contributed by atoms with Gasteiger partial charge in [-0.2, -0.15) is 10.2 Å². The highest BCUT2D eigenvalue weighted by molar-refractivity contribution is 5.32. The van der Waals surface area contributed by atoms with Crippen molar-refractivity contribution in [3.05, 3.63) is 23.0 Å². The number of aromatic nitrogens is 2. The molecule has 2 aliphatic rings. The minimum Gasteiger partial charge on any atom is -0.159 e. The highest BCUT2D eigenvalue weighted by atomic mass is 15.1.